The Kier molecular flexibility index (Phi) is 11.1. The number of hydrogen-bond donors (Lipinski definition) is 1. The van der Waals surface area contributed by atoms with Crippen LogP contribution in [0.5, 0.6) is 5.75 Å². The highest BCUT2D eigenvalue weighted by Gasteiger charge is 2.30. The maximum absolute atomic E-state index is 13.4. The van der Waals surface area contributed by atoms with Crippen LogP contribution < -0.4 is 10.1 Å². The zero-order chi connectivity index (χ0) is 25.7. The van der Waals surface area contributed by atoms with Crippen molar-refractivity contribution >= 4 is 12.2 Å². The van der Waals surface area contributed by atoms with Crippen molar-refractivity contribution in [2.24, 2.45) is 17.8 Å². The van der Waals surface area contributed by atoms with Gasteiger partial charge in [-0.05, 0) is 86.5 Å². The molecule has 4 rings (SSSR count). The molecule has 0 saturated heterocycles. The van der Waals surface area contributed by atoms with Gasteiger partial charge in [0, 0.05) is 5.92 Å². The summed E-state index contributed by atoms with van der Waals surface area (Å²) in [7, 11) is 0. The third kappa shape index (κ3) is 9.02. The molecular weight excluding hydrogens is 458 g/mol. The van der Waals surface area contributed by atoms with Crippen molar-refractivity contribution in [1.82, 2.24) is 5.32 Å². The molecule has 1 unspecified atom stereocenters. The van der Waals surface area contributed by atoms with Crippen LogP contribution >= 0.6 is 0 Å². The Morgan fingerprint density at radius 2 is 1.54 bits per heavy atom. The maximum atomic E-state index is 13.4. The summed E-state index contributed by atoms with van der Waals surface area (Å²) in [5.74, 6) is 2.04. The van der Waals surface area contributed by atoms with Crippen LogP contribution in [0.1, 0.15) is 88.2 Å². The van der Waals surface area contributed by atoms with Crippen LogP contribution in [0, 0.1) is 17.8 Å². The van der Waals surface area contributed by atoms with Crippen molar-refractivity contribution in [3.8, 4) is 5.75 Å². The van der Waals surface area contributed by atoms with E-state index in [2.05, 4.69) is 29.6 Å². The number of rotatable bonds is 13. The number of ether oxygens (including phenoxy) is 1. The normalized spacial score (nSPS) is 18.6. The Labute approximate surface area is 223 Å². The molecule has 0 heterocycles. The molecule has 2 aromatic carbocycles. The summed E-state index contributed by atoms with van der Waals surface area (Å²) in [4.78, 5) is 25.4. The van der Waals surface area contributed by atoms with Crippen molar-refractivity contribution in [2.45, 2.75) is 95.9 Å². The molecule has 200 valence electrons. The third-order valence-electron chi connectivity index (χ3n) is 8.46. The molecule has 37 heavy (non-hydrogen) atoms. The van der Waals surface area contributed by atoms with E-state index < -0.39 is 6.04 Å². The maximum Gasteiger partial charge on any atom is 0.223 e. The van der Waals surface area contributed by atoms with Crippen LogP contribution in [-0.2, 0) is 22.4 Å². The molecule has 2 aromatic rings. The first kappa shape index (κ1) is 27.4. The molecule has 2 aliphatic carbocycles. The van der Waals surface area contributed by atoms with E-state index in [9.17, 15) is 9.59 Å². The summed E-state index contributed by atoms with van der Waals surface area (Å²) in [5, 5.41) is 3.11. The van der Waals surface area contributed by atoms with Crippen molar-refractivity contribution in [3.05, 3.63) is 65.7 Å². The molecule has 1 N–H and O–H groups in total. The lowest BCUT2D eigenvalue weighted by Crippen LogP contribution is -2.43. The molecule has 0 aliphatic heterocycles. The minimum absolute atomic E-state index is 0.0120. The largest absolute Gasteiger partial charge is 0.493 e. The monoisotopic (exact) mass is 503 g/mol. The number of amides is 1. The summed E-state index contributed by atoms with van der Waals surface area (Å²) in [6.07, 6.45) is 16.7. The summed E-state index contributed by atoms with van der Waals surface area (Å²) >= 11 is 0. The Balaban J connectivity index is 1.29. The Bertz CT molecular complexity index is 930. The van der Waals surface area contributed by atoms with Gasteiger partial charge < -0.3 is 14.8 Å². The second kappa shape index (κ2) is 15.0. The number of hydrogen-bond acceptors (Lipinski definition) is 3. The van der Waals surface area contributed by atoms with Gasteiger partial charge in [0.15, 0.2) is 0 Å². The van der Waals surface area contributed by atoms with E-state index in [0.29, 0.717) is 18.3 Å². The highest BCUT2D eigenvalue weighted by atomic mass is 16.5. The third-order valence-corrected chi connectivity index (χ3v) is 8.46. The van der Waals surface area contributed by atoms with Crippen LogP contribution in [0.25, 0.3) is 0 Å². The lowest BCUT2D eigenvalue weighted by Gasteiger charge is -2.30. The van der Waals surface area contributed by atoms with Gasteiger partial charge in [0.2, 0.25) is 5.91 Å². The van der Waals surface area contributed by atoms with Gasteiger partial charge in [-0.3, -0.25) is 4.79 Å². The molecule has 1 amide bonds. The van der Waals surface area contributed by atoms with Crippen molar-refractivity contribution in [1.29, 1.82) is 0 Å². The molecule has 0 spiro atoms. The molecule has 2 fully saturated rings. The number of nitrogens with one attached hydrogen (secondary N) is 1. The highest BCUT2D eigenvalue weighted by molar-refractivity contribution is 5.82. The van der Waals surface area contributed by atoms with Gasteiger partial charge in [-0.25, -0.2) is 0 Å². The fourth-order valence-electron chi connectivity index (χ4n) is 6.25. The molecule has 0 aromatic heterocycles. The second-order valence-electron chi connectivity index (χ2n) is 11.3. The zero-order valence-corrected chi connectivity index (χ0v) is 22.4. The first-order valence-corrected chi connectivity index (χ1v) is 14.7. The summed E-state index contributed by atoms with van der Waals surface area (Å²) < 4.78 is 6.03. The molecular formula is C33H45NO3. The molecule has 0 bridgehead atoms. The van der Waals surface area contributed by atoms with Crippen LogP contribution in [0.15, 0.2) is 54.6 Å². The van der Waals surface area contributed by atoms with E-state index in [1.807, 2.05) is 30.3 Å². The van der Waals surface area contributed by atoms with Gasteiger partial charge in [-0.15, -0.1) is 0 Å². The van der Waals surface area contributed by atoms with Crippen molar-refractivity contribution < 1.29 is 14.3 Å². The molecule has 2 saturated carbocycles. The van der Waals surface area contributed by atoms with Gasteiger partial charge in [0.1, 0.15) is 12.0 Å². The van der Waals surface area contributed by atoms with Gasteiger partial charge in [0.05, 0.1) is 12.6 Å². The SMILES string of the molecule is O=C[C@H](Cc1ccc(OCC2CCCCC2)cc1)NC(=O)C(CCCc1ccccc1)C1CCCCC1. The van der Waals surface area contributed by atoms with Crippen LogP contribution in [-0.4, -0.2) is 24.8 Å². The van der Waals surface area contributed by atoms with Gasteiger partial charge in [0.25, 0.3) is 0 Å². The predicted octanol–water partition coefficient (Wildman–Crippen LogP) is 7.09. The first-order chi connectivity index (χ1) is 18.2. The predicted molar refractivity (Wildman–Crippen MR) is 150 cm³/mol. The quantitative estimate of drug-likeness (QED) is 0.297. The Hall–Kier alpha value is -2.62. The van der Waals surface area contributed by atoms with Gasteiger partial charge in [-0.1, -0.05) is 81.0 Å². The topological polar surface area (TPSA) is 55.4 Å². The number of carbonyl (C=O) groups excluding carboxylic acids is 2. The van der Waals surface area contributed by atoms with E-state index >= 15 is 0 Å². The summed E-state index contributed by atoms with van der Waals surface area (Å²) in [6.45, 7) is 0.791. The van der Waals surface area contributed by atoms with E-state index in [0.717, 1.165) is 56.3 Å². The molecule has 4 heteroatoms. The fourth-order valence-corrected chi connectivity index (χ4v) is 6.25. The fraction of sp³-hybridized carbons (Fsp3) is 0.576. The van der Waals surface area contributed by atoms with E-state index in [-0.39, 0.29) is 11.8 Å². The molecule has 4 nitrogen and oxygen atoms in total. The van der Waals surface area contributed by atoms with Gasteiger partial charge in [-0.2, -0.15) is 0 Å². The number of aryl methyl sites for hydroxylation is 1. The van der Waals surface area contributed by atoms with Crippen LogP contribution in [0.4, 0.5) is 0 Å². The minimum Gasteiger partial charge on any atom is -0.493 e. The van der Waals surface area contributed by atoms with Gasteiger partial charge >= 0.3 is 0 Å². The lowest BCUT2D eigenvalue weighted by atomic mass is 9.77. The van der Waals surface area contributed by atoms with E-state index in [1.54, 1.807) is 0 Å². The zero-order valence-electron chi connectivity index (χ0n) is 22.4. The minimum atomic E-state index is -0.498. The number of carbonyl (C=O) groups is 2. The van der Waals surface area contributed by atoms with Crippen molar-refractivity contribution in [2.75, 3.05) is 6.61 Å². The highest BCUT2D eigenvalue weighted by Crippen LogP contribution is 2.33. The molecule has 0 radical (unpaired) electrons. The lowest BCUT2D eigenvalue weighted by molar-refractivity contribution is -0.129. The smallest absolute Gasteiger partial charge is 0.223 e. The average Bonchev–Trinajstić information content (AvgIpc) is 2.96. The van der Waals surface area contributed by atoms with E-state index in [1.165, 1.54) is 56.9 Å². The molecule has 2 aliphatic rings. The number of aldehydes is 1. The second-order valence-corrected chi connectivity index (χ2v) is 11.3. The molecule has 2 atom stereocenters. The van der Waals surface area contributed by atoms with Crippen LogP contribution in [0.3, 0.4) is 0 Å². The Morgan fingerprint density at radius 3 is 2.22 bits per heavy atom. The first-order valence-electron chi connectivity index (χ1n) is 14.7. The standard InChI is InChI=1S/C33H45NO3/c35-24-30(23-27-19-21-31(22-20-27)37-25-28-13-6-2-7-14-28)34-33(36)32(29-16-8-3-9-17-29)18-10-15-26-11-4-1-5-12-26/h1,4-5,11-12,19-22,24,28-30,32H,2-3,6-10,13-18,23,25H2,(H,34,36)/t30-,32?/m0/s1. The van der Waals surface area contributed by atoms with Crippen LogP contribution in [0.2, 0.25) is 0 Å². The number of benzene rings is 2. The summed E-state index contributed by atoms with van der Waals surface area (Å²) in [5.41, 5.74) is 2.36. The Morgan fingerprint density at radius 1 is 0.865 bits per heavy atom. The van der Waals surface area contributed by atoms with Crippen molar-refractivity contribution in [3.63, 3.8) is 0 Å². The average molecular weight is 504 g/mol. The van der Waals surface area contributed by atoms with E-state index in [4.69, 9.17) is 4.74 Å². The summed E-state index contributed by atoms with van der Waals surface area (Å²) in [6, 6.07) is 18.0.